The molecule has 3 nitrogen and oxygen atoms in total. The topological polar surface area (TPSA) is 50.2 Å². The normalized spacial score (nSPS) is 10.5. The van der Waals surface area contributed by atoms with Crippen LogP contribution in [0.4, 0.5) is 8.78 Å². The Morgan fingerprint density at radius 1 is 1.62 bits per heavy atom. The van der Waals surface area contributed by atoms with Crippen LogP contribution in [0.25, 0.3) is 0 Å². The van der Waals surface area contributed by atoms with Crippen molar-refractivity contribution in [3.8, 4) is 5.75 Å². The fourth-order valence-corrected chi connectivity index (χ4v) is 0.953. The quantitative estimate of drug-likeness (QED) is 0.597. The summed E-state index contributed by atoms with van der Waals surface area (Å²) in [5, 5.41) is 8.70. The number of hydrogen-bond acceptors (Lipinski definition) is 3. The third kappa shape index (κ3) is 1.75. The molecule has 0 aromatic carbocycles. The first kappa shape index (κ1) is 9.85. The molecule has 13 heavy (non-hydrogen) atoms. The first-order valence-corrected chi connectivity index (χ1v) is 3.56. The van der Waals surface area contributed by atoms with Crippen molar-refractivity contribution < 1.29 is 18.7 Å². The van der Waals surface area contributed by atoms with Crippen molar-refractivity contribution in [1.29, 1.82) is 0 Å². The van der Waals surface area contributed by atoms with E-state index in [1.54, 1.807) is 0 Å². The van der Waals surface area contributed by atoms with Gasteiger partial charge >= 0.3 is 0 Å². The fraction of sp³-hybridized carbons (Fsp3) is 0.143. The maximum atomic E-state index is 12.2. The maximum absolute atomic E-state index is 12.2. The van der Waals surface area contributed by atoms with Crippen LogP contribution >= 0.6 is 11.6 Å². The number of pyridine rings is 1. The average molecular weight is 208 g/mol. The minimum absolute atomic E-state index is 0.115. The number of alkyl halides is 2. The number of aldehydes is 1. The van der Waals surface area contributed by atoms with Gasteiger partial charge in [-0.2, -0.15) is 0 Å². The lowest BCUT2D eigenvalue weighted by Gasteiger charge is -2.05. The zero-order valence-electron chi connectivity index (χ0n) is 6.17. The summed E-state index contributed by atoms with van der Waals surface area (Å²) in [6.45, 7) is 0. The molecule has 1 aromatic heterocycles. The third-order valence-corrected chi connectivity index (χ3v) is 1.71. The van der Waals surface area contributed by atoms with E-state index < -0.39 is 23.3 Å². The van der Waals surface area contributed by atoms with Gasteiger partial charge in [-0.25, -0.2) is 13.8 Å². The Hall–Kier alpha value is -1.23. The minimum atomic E-state index is -2.86. The summed E-state index contributed by atoms with van der Waals surface area (Å²) in [5.74, 6) is -0.713. The Kier molecular flexibility index (Phi) is 2.77. The standard InChI is InChI=1S/C7H4ClF2NO2/c8-6-5(13)4(2-12)3(1-11-6)7(9)10/h1-2,7,13H. The van der Waals surface area contributed by atoms with Crippen LogP contribution < -0.4 is 0 Å². The summed E-state index contributed by atoms with van der Waals surface area (Å²) >= 11 is 5.30. The highest BCUT2D eigenvalue weighted by Crippen LogP contribution is 2.31. The van der Waals surface area contributed by atoms with Crippen molar-refractivity contribution in [2.75, 3.05) is 0 Å². The number of aromatic hydroxyl groups is 1. The molecule has 1 heterocycles. The monoisotopic (exact) mass is 207 g/mol. The molecule has 0 saturated heterocycles. The molecule has 0 atom stereocenters. The van der Waals surface area contributed by atoms with E-state index in [4.69, 9.17) is 16.7 Å². The van der Waals surface area contributed by atoms with Crippen LogP contribution in [0.5, 0.6) is 5.75 Å². The SMILES string of the molecule is O=Cc1c(C(F)F)cnc(Cl)c1O. The van der Waals surface area contributed by atoms with E-state index in [-0.39, 0.29) is 11.4 Å². The van der Waals surface area contributed by atoms with Crippen molar-refractivity contribution in [3.05, 3.63) is 22.5 Å². The van der Waals surface area contributed by atoms with Crippen molar-refractivity contribution in [1.82, 2.24) is 4.98 Å². The fourth-order valence-electron chi connectivity index (χ4n) is 0.802. The van der Waals surface area contributed by atoms with Crippen LogP contribution in [0, 0.1) is 0 Å². The molecular weight excluding hydrogens is 204 g/mol. The predicted molar refractivity (Wildman–Crippen MR) is 41.3 cm³/mol. The molecule has 0 aliphatic rings. The molecule has 0 spiro atoms. The van der Waals surface area contributed by atoms with Crippen molar-refractivity contribution in [2.45, 2.75) is 6.43 Å². The van der Waals surface area contributed by atoms with Crippen LogP contribution in [0.3, 0.4) is 0 Å². The summed E-state index contributed by atoms with van der Waals surface area (Å²) < 4.78 is 24.3. The predicted octanol–water partition coefficient (Wildman–Crippen LogP) is 2.19. The Labute approximate surface area is 77.0 Å². The second kappa shape index (κ2) is 3.66. The minimum Gasteiger partial charge on any atom is -0.504 e. The third-order valence-electron chi connectivity index (χ3n) is 1.43. The molecule has 1 rings (SSSR count). The highest BCUT2D eigenvalue weighted by atomic mass is 35.5. The number of nitrogens with zero attached hydrogens (tertiary/aromatic N) is 1. The Balaban J connectivity index is 3.38. The molecule has 0 unspecified atom stereocenters. The molecule has 0 radical (unpaired) electrons. The summed E-state index contributed by atoms with van der Waals surface area (Å²) in [5.41, 5.74) is -1.15. The first-order valence-electron chi connectivity index (χ1n) is 3.18. The van der Waals surface area contributed by atoms with E-state index in [9.17, 15) is 13.6 Å². The molecule has 0 aliphatic heterocycles. The van der Waals surface area contributed by atoms with Crippen molar-refractivity contribution in [3.63, 3.8) is 0 Å². The highest BCUT2D eigenvalue weighted by Gasteiger charge is 2.18. The summed E-state index contributed by atoms with van der Waals surface area (Å²) in [7, 11) is 0. The van der Waals surface area contributed by atoms with E-state index >= 15 is 0 Å². The van der Waals surface area contributed by atoms with Gasteiger partial charge in [0.2, 0.25) is 0 Å². The van der Waals surface area contributed by atoms with E-state index in [1.807, 2.05) is 0 Å². The maximum Gasteiger partial charge on any atom is 0.266 e. The van der Waals surface area contributed by atoms with Gasteiger partial charge in [0, 0.05) is 6.20 Å². The molecule has 0 aliphatic carbocycles. The van der Waals surface area contributed by atoms with E-state index in [1.165, 1.54) is 0 Å². The molecular formula is C7H4ClF2NO2. The van der Waals surface area contributed by atoms with Crippen molar-refractivity contribution >= 4 is 17.9 Å². The van der Waals surface area contributed by atoms with Gasteiger partial charge in [-0.05, 0) is 0 Å². The summed E-state index contributed by atoms with van der Waals surface area (Å²) in [6, 6.07) is 0. The number of carbonyl (C=O) groups excluding carboxylic acids is 1. The van der Waals surface area contributed by atoms with Crippen LogP contribution in [-0.4, -0.2) is 16.4 Å². The molecule has 0 bridgehead atoms. The van der Waals surface area contributed by atoms with Crippen LogP contribution in [0.2, 0.25) is 5.15 Å². The molecule has 0 saturated carbocycles. The van der Waals surface area contributed by atoms with E-state index in [0.29, 0.717) is 0 Å². The molecule has 70 valence electrons. The van der Waals surface area contributed by atoms with Gasteiger partial charge in [-0.1, -0.05) is 11.6 Å². The molecule has 0 amide bonds. The number of rotatable bonds is 2. The Morgan fingerprint density at radius 3 is 2.69 bits per heavy atom. The second-order valence-corrected chi connectivity index (χ2v) is 2.54. The lowest BCUT2D eigenvalue weighted by Crippen LogP contribution is -1.96. The number of hydrogen-bond donors (Lipinski definition) is 1. The zero-order chi connectivity index (χ0) is 10.0. The highest BCUT2D eigenvalue weighted by molar-refractivity contribution is 6.31. The van der Waals surface area contributed by atoms with Crippen molar-refractivity contribution in [2.24, 2.45) is 0 Å². The molecule has 1 aromatic rings. The van der Waals surface area contributed by atoms with Gasteiger partial charge < -0.3 is 5.11 Å². The van der Waals surface area contributed by atoms with Gasteiger partial charge in [0.25, 0.3) is 6.43 Å². The molecule has 6 heteroatoms. The van der Waals surface area contributed by atoms with Gasteiger partial charge in [0.05, 0.1) is 11.1 Å². The number of carbonyl (C=O) groups is 1. The number of halogens is 3. The van der Waals surface area contributed by atoms with Gasteiger partial charge in [0.15, 0.2) is 17.2 Å². The molecule has 1 N–H and O–H groups in total. The second-order valence-electron chi connectivity index (χ2n) is 2.19. The largest absolute Gasteiger partial charge is 0.504 e. The van der Waals surface area contributed by atoms with Gasteiger partial charge in [0.1, 0.15) is 0 Å². The van der Waals surface area contributed by atoms with E-state index in [0.717, 1.165) is 6.20 Å². The Morgan fingerprint density at radius 2 is 2.23 bits per heavy atom. The Bertz CT molecular complexity index is 344. The zero-order valence-corrected chi connectivity index (χ0v) is 6.92. The first-order chi connectivity index (χ1) is 6.07. The van der Waals surface area contributed by atoms with Gasteiger partial charge in [-0.3, -0.25) is 4.79 Å². The lowest BCUT2D eigenvalue weighted by molar-refractivity contribution is 0.110. The van der Waals surface area contributed by atoms with Gasteiger partial charge in [-0.15, -0.1) is 0 Å². The van der Waals surface area contributed by atoms with Crippen LogP contribution in [-0.2, 0) is 0 Å². The van der Waals surface area contributed by atoms with Crippen LogP contribution in [0.1, 0.15) is 22.3 Å². The smallest absolute Gasteiger partial charge is 0.266 e. The number of aromatic nitrogens is 1. The lowest BCUT2D eigenvalue weighted by atomic mass is 10.1. The molecule has 0 fully saturated rings. The van der Waals surface area contributed by atoms with Crippen LogP contribution in [0.15, 0.2) is 6.20 Å². The summed E-state index contributed by atoms with van der Waals surface area (Å²) in [6.07, 6.45) is -1.99. The summed E-state index contributed by atoms with van der Waals surface area (Å²) in [4.78, 5) is 13.6. The van der Waals surface area contributed by atoms with E-state index in [2.05, 4.69) is 4.98 Å². The average Bonchev–Trinajstić information content (AvgIpc) is 2.09.